The van der Waals surface area contributed by atoms with Crippen molar-refractivity contribution in [2.24, 2.45) is 5.92 Å². The highest BCUT2D eigenvalue weighted by atomic mass is 19.1. The Morgan fingerprint density at radius 3 is 2.54 bits per heavy atom. The monoisotopic (exact) mass is 353 g/mol. The summed E-state index contributed by atoms with van der Waals surface area (Å²) < 4.78 is 29.2. The summed E-state index contributed by atoms with van der Waals surface area (Å²) in [5, 5.41) is 6.87. The summed E-state index contributed by atoms with van der Waals surface area (Å²) >= 11 is 0. The Bertz CT molecular complexity index is 946. The first-order valence-corrected chi connectivity index (χ1v) is 8.48. The second-order valence-electron chi connectivity index (χ2n) is 6.55. The average molecular weight is 353 g/mol. The molecule has 0 radical (unpaired) electrons. The predicted molar refractivity (Wildman–Crippen MR) is 94.7 cm³/mol. The molecule has 1 aliphatic carbocycles. The van der Waals surface area contributed by atoms with Crippen LogP contribution in [0.25, 0.3) is 11.1 Å². The summed E-state index contributed by atoms with van der Waals surface area (Å²) in [7, 11) is 0. The topological polar surface area (TPSA) is 46.9 Å². The predicted octanol–water partition coefficient (Wildman–Crippen LogP) is 4.49. The fourth-order valence-electron chi connectivity index (χ4n) is 2.81. The highest BCUT2D eigenvalue weighted by Crippen LogP contribution is 2.30. The van der Waals surface area contributed by atoms with Crippen molar-refractivity contribution in [1.29, 1.82) is 0 Å². The van der Waals surface area contributed by atoms with E-state index >= 15 is 0 Å². The van der Waals surface area contributed by atoms with Crippen LogP contribution in [-0.2, 0) is 6.54 Å². The molecule has 1 aliphatic rings. The lowest BCUT2D eigenvalue weighted by atomic mass is 10.0. The fraction of sp³-hybridized carbons (Fsp3) is 0.200. The van der Waals surface area contributed by atoms with Gasteiger partial charge in [-0.2, -0.15) is 5.10 Å². The van der Waals surface area contributed by atoms with Gasteiger partial charge >= 0.3 is 0 Å². The van der Waals surface area contributed by atoms with Gasteiger partial charge in [-0.1, -0.05) is 18.2 Å². The third-order valence-electron chi connectivity index (χ3n) is 4.42. The molecule has 0 bridgehead atoms. The minimum absolute atomic E-state index is 0.0502. The third kappa shape index (κ3) is 3.64. The van der Waals surface area contributed by atoms with E-state index in [-0.39, 0.29) is 11.4 Å². The van der Waals surface area contributed by atoms with Crippen molar-refractivity contribution in [3.8, 4) is 11.1 Å². The molecular formula is C20H17F2N3O. The SMILES string of the molecule is O=C(Nc1cnn(CC2CC2)c1)c1ccc(-c2ccc(F)cc2)cc1F. The van der Waals surface area contributed by atoms with E-state index < -0.39 is 11.7 Å². The quantitative estimate of drug-likeness (QED) is 0.735. The molecular weight excluding hydrogens is 336 g/mol. The van der Waals surface area contributed by atoms with Crippen LogP contribution in [0.4, 0.5) is 14.5 Å². The Hall–Kier alpha value is -3.02. The molecule has 6 heteroatoms. The van der Waals surface area contributed by atoms with E-state index in [1.165, 1.54) is 37.1 Å². The Morgan fingerprint density at radius 2 is 1.85 bits per heavy atom. The molecule has 0 aliphatic heterocycles. The zero-order valence-electron chi connectivity index (χ0n) is 14.0. The Kier molecular flexibility index (Phi) is 4.24. The Morgan fingerprint density at radius 1 is 1.12 bits per heavy atom. The van der Waals surface area contributed by atoms with Crippen molar-refractivity contribution < 1.29 is 13.6 Å². The van der Waals surface area contributed by atoms with Crippen LogP contribution in [0, 0.1) is 17.6 Å². The normalized spacial score (nSPS) is 13.6. The maximum Gasteiger partial charge on any atom is 0.258 e. The van der Waals surface area contributed by atoms with Gasteiger partial charge in [0.1, 0.15) is 11.6 Å². The first-order valence-electron chi connectivity index (χ1n) is 8.48. The third-order valence-corrected chi connectivity index (χ3v) is 4.42. The molecule has 1 aromatic heterocycles. The number of halogens is 2. The van der Waals surface area contributed by atoms with Crippen LogP contribution in [0.2, 0.25) is 0 Å². The Labute approximate surface area is 149 Å². The highest BCUT2D eigenvalue weighted by molar-refractivity contribution is 6.04. The van der Waals surface area contributed by atoms with Gasteiger partial charge in [0.05, 0.1) is 17.4 Å². The zero-order valence-corrected chi connectivity index (χ0v) is 14.0. The van der Waals surface area contributed by atoms with E-state index in [4.69, 9.17) is 0 Å². The van der Waals surface area contributed by atoms with E-state index in [0.717, 1.165) is 6.54 Å². The van der Waals surface area contributed by atoms with E-state index in [0.29, 0.717) is 22.7 Å². The molecule has 3 aromatic rings. The van der Waals surface area contributed by atoms with Crippen molar-refractivity contribution in [1.82, 2.24) is 9.78 Å². The van der Waals surface area contributed by atoms with Crippen LogP contribution < -0.4 is 5.32 Å². The van der Waals surface area contributed by atoms with Gasteiger partial charge in [0, 0.05) is 12.7 Å². The lowest BCUT2D eigenvalue weighted by molar-refractivity contribution is 0.102. The summed E-state index contributed by atoms with van der Waals surface area (Å²) in [4.78, 5) is 12.3. The van der Waals surface area contributed by atoms with Crippen molar-refractivity contribution in [2.45, 2.75) is 19.4 Å². The minimum atomic E-state index is -0.630. The smallest absolute Gasteiger partial charge is 0.258 e. The van der Waals surface area contributed by atoms with Crippen molar-refractivity contribution >= 4 is 11.6 Å². The number of amides is 1. The van der Waals surface area contributed by atoms with E-state index in [9.17, 15) is 13.6 Å². The molecule has 2 aromatic carbocycles. The number of benzene rings is 2. The summed E-state index contributed by atoms with van der Waals surface area (Å²) in [6.45, 7) is 0.844. The largest absolute Gasteiger partial charge is 0.319 e. The zero-order chi connectivity index (χ0) is 18.1. The summed E-state index contributed by atoms with van der Waals surface area (Å²) in [5.41, 5.74) is 1.75. The standard InChI is InChI=1S/C20H17F2N3O/c21-16-6-3-14(4-7-16)15-5-8-18(19(22)9-15)20(26)24-17-10-23-25(12-17)11-13-1-2-13/h3-10,12-13H,1-2,11H2,(H,24,26). The Balaban J connectivity index is 1.48. The van der Waals surface area contributed by atoms with Crippen LogP contribution in [0.15, 0.2) is 54.9 Å². The van der Waals surface area contributed by atoms with Gasteiger partial charge in [0.25, 0.3) is 5.91 Å². The summed E-state index contributed by atoms with van der Waals surface area (Å²) in [6, 6.07) is 10.1. The number of aromatic nitrogens is 2. The van der Waals surface area contributed by atoms with Crippen LogP contribution in [-0.4, -0.2) is 15.7 Å². The molecule has 1 saturated carbocycles. The number of hydrogen-bond acceptors (Lipinski definition) is 2. The summed E-state index contributed by atoms with van der Waals surface area (Å²) in [6.07, 6.45) is 5.74. The number of hydrogen-bond donors (Lipinski definition) is 1. The molecule has 0 saturated heterocycles. The molecule has 1 fully saturated rings. The molecule has 0 unspecified atom stereocenters. The molecule has 4 rings (SSSR count). The average Bonchev–Trinajstić information content (AvgIpc) is 3.33. The molecule has 132 valence electrons. The second-order valence-corrected chi connectivity index (χ2v) is 6.55. The van der Waals surface area contributed by atoms with Crippen molar-refractivity contribution in [2.75, 3.05) is 5.32 Å². The lowest BCUT2D eigenvalue weighted by Gasteiger charge is -2.07. The van der Waals surface area contributed by atoms with Crippen LogP contribution >= 0.6 is 0 Å². The molecule has 1 N–H and O–H groups in total. The number of nitrogens with one attached hydrogen (secondary N) is 1. The van der Waals surface area contributed by atoms with Gasteiger partial charge in [-0.05, 0) is 54.2 Å². The van der Waals surface area contributed by atoms with Crippen molar-refractivity contribution in [3.05, 3.63) is 72.1 Å². The lowest BCUT2D eigenvalue weighted by Crippen LogP contribution is -2.13. The highest BCUT2D eigenvalue weighted by Gasteiger charge is 2.22. The maximum atomic E-state index is 14.4. The first kappa shape index (κ1) is 16.4. The second kappa shape index (κ2) is 6.71. The fourth-order valence-corrected chi connectivity index (χ4v) is 2.81. The number of rotatable bonds is 5. The van der Waals surface area contributed by atoms with E-state index in [1.54, 1.807) is 35.3 Å². The molecule has 1 amide bonds. The van der Waals surface area contributed by atoms with Crippen LogP contribution in [0.3, 0.4) is 0 Å². The number of carbonyl (C=O) groups excluding carboxylic acids is 1. The number of anilines is 1. The van der Waals surface area contributed by atoms with Gasteiger partial charge in [-0.3, -0.25) is 9.48 Å². The molecule has 26 heavy (non-hydrogen) atoms. The number of carbonyl (C=O) groups is 1. The van der Waals surface area contributed by atoms with Crippen LogP contribution in [0.1, 0.15) is 23.2 Å². The molecule has 1 heterocycles. The van der Waals surface area contributed by atoms with Crippen molar-refractivity contribution in [3.63, 3.8) is 0 Å². The van der Waals surface area contributed by atoms with Gasteiger partial charge in [0.15, 0.2) is 0 Å². The summed E-state index contributed by atoms with van der Waals surface area (Å²) in [5.74, 6) is -0.837. The van der Waals surface area contributed by atoms with Gasteiger partial charge < -0.3 is 5.32 Å². The van der Waals surface area contributed by atoms with E-state index in [2.05, 4.69) is 10.4 Å². The van der Waals surface area contributed by atoms with Crippen LogP contribution in [0.5, 0.6) is 0 Å². The van der Waals surface area contributed by atoms with E-state index in [1.807, 2.05) is 0 Å². The minimum Gasteiger partial charge on any atom is -0.319 e. The first-order chi connectivity index (χ1) is 12.6. The van der Waals surface area contributed by atoms with Gasteiger partial charge in [-0.25, -0.2) is 8.78 Å². The molecule has 0 spiro atoms. The molecule has 4 nitrogen and oxygen atoms in total. The van der Waals surface area contributed by atoms with Gasteiger partial charge in [0.2, 0.25) is 0 Å². The molecule has 0 atom stereocenters. The number of nitrogens with zero attached hydrogens (tertiary/aromatic N) is 2. The maximum absolute atomic E-state index is 14.4. The van der Waals surface area contributed by atoms with Gasteiger partial charge in [-0.15, -0.1) is 0 Å².